The van der Waals surface area contributed by atoms with Gasteiger partial charge in [-0.05, 0) is 38.7 Å². The lowest BCUT2D eigenvalue weighted by Crippen LogP contribution is -2.25. The van der Waals surface area contributed by atoms with E-state index in [1.54, 1.807) is 18.5 Å². The third-order valence-electron chi connectivity index (χ3n) is 1.74. The summed E-state index contributed by atoms with van der Waals surface area (Å²) in [5, 5.41) is 0. The quantitative estimate of drug-likeness (QED) is 0.546. The van der Waals surface area contributed by atoms with Crippen LogP contribution in [0.2, 0.25) is 0 Å². The van der Waals surface area contributed by atoms with Crippen molar-refractivity contribution in [2.75, 3.05) is 19.8 Å². The molecule has 0 aromatic heterocycles. The lowest BCUT2D eigenvalue weighted by Gasteiger charge is -2.17. The van der Waals surface area contributed by atoms with E-state index in [2.05, 4.69) is 35.4 Å². The molecule has 3 nitrogen and oxygen atoms in total. The SMILES string of the molecule is C=N/C=C\C=N/CN(CCC)CCC. The molecule has 0 aliphatic heterocycles. The Morgan fingerprint density at radius 3 is 2.36 bits per heavy atom. The van der Waals surface area contributed by atoms with Crippen molar-refractivity contribution >= 4 is 12.9 Å². The highest BCUT2D eigenvalue weighted by Gasteiger charge is 1.98. The van der Waals surface area contributed by atoms with Crippen molar-refractivity contribution in [2.45, 2.75) is 26.7 Å². The third-order valence-corrected chi connectivity index (χ3v) is 1.74. The molecule has 0 fully saturated rings. The maximum atomic E-state index is 4.27. The summed E-state index contributed by atoms with van der Waals surface area (Å²) >= 11 is 0. The number of aliphatic imine (C=N–C) groups is 2. The highest BCUT2D eigenvalue weighted by molar-refractivity contribution is 5.70. The van der Waals surface area contributed by atoms with Crippen LogP contribution in [0.15, 0.2) is 22.3 Å². The molecule has 14 heavy (non-hydrogen) atoms. The molecule has 0 saturated heterocycles. The van der Waals surface area contributed by atoms with Crippen LogP contribution in [0, 0.1) is 0 Å². The summed E-state index contributed by atoms with van der Waals surface area (Å²) in [6, 6.07) is 0. The van der Waals surface area contributed by atoms with Crippen molar-refractivity contribution in [1.29, 1.82) is 0 Å². The van der Waals surface area contributed by atoms with E-state index >= 15 is 0 Å². The van der Waals surface area contributed by atoms with Crippen molar-refractivity contribution in [3.8, 4) is 0 Å². The number of rotatable bonds is 8. The van der Waals surface area contributed by atoms with Crippen LogP contribution in [0.4, 0.5) is 0 Å². The number of allylic oxidation sites excluding steroid dienone is 1. The molecule has 0 aliphatic carbocycles. The summed E-state index contributed by atoms with van der Waals surface area (Å²) in [7, 11) is 0. The molecule has 0 aliphatic rings. The second-order valence-electron chi connectivity index (χ2n) is 3.12. The van der Waals surface area contributed by atoms with Crippen LogP contribution in [-0.2, 0) is 0 Å². The molecule has 0 atom stereocenters. The van der Waals surface area contributed by atoms with Gasteiger partial charge in [0.05, 0.1) is 6.67 Å². The smallest absolute Gasteiger partial charge is 0.0909 e. The van der Waals surface area contributed by atoms with Crippen LogP contribution in [0.3, 0.4) is 0 Å². The number of nitrogens with zero attached hydrogens (tertiary/aromatic N) is 3. The fraction of sp³-hybridized carbons (Fsp3) is 0.636. The van der Waals surface area contributed by atoms with Gasteiger partial charge in [0.2, 0.25) is 0 Å². The summed E-state index contributed by atoms with van der Waals surface area (Å²) in [6.07, 6.45) is 7.56. The van der Waals surface area contributed by atoms with Gasteiger partial charge in [0.1, 0.15) is 0 Å². The second-order valence-corrected chi connectivity index (χ2v) is 3.12. The average molecular weight is 195 g/mol. The van der Waals surface area contributed by atoms with Crippen LogP contribution < -0.4 is 0 Å². The Labute approximate surface area is 87.2 Å². The van der Waals surface area contributed by atoms with Gasteiger partial charge in [-0.25, -0.2) is 0 Å². The predicted molar refractivity (Wildman–Crippen MR) is 64.2 cm³/mol. The topological polar surface area (TPSA) is 28.0 Å². The molecule has 0 aromatic rings. The minimum atomic E-state index is 0.781. The zero-order chi connectivity index (χ0) is 10.6. The van der Waals surface area contributed by atoms with Crippen molar-refractivity contribution < 1.29 is 0 Å². The molecule has 0 amide bonds. The Kier molecular flexibility index (Phi) is 9.43. The molecule has 0 rings (SSSR count). The highest BCUT2D eigenvalue weighted by Crippen LogP contribution is 1.93. The molecule has 0 saturated carbocycles. The third kappa shape index (κ3) is 7.68. The van der Waals surface area contributed by atoms with E-state index in [4.69, 9.17) is 0 Å². The van der Waals surface area contributed by atoms with Gasteiger partial charge in [0, 0.05) is 12.4 Å². The minimum Gasteiger partial charge on any atom is -0.285 e. The van der Waals surface area contributed by atoms with Gasteiger partial charge in [-0.1, -0.05) is 13.8 Å². The Hall–Kier alpha value is -0.960. The Bertz CT molecular complexity index is 179. The lowest BCUT2D eigenvalue weighted by molar-refractivity contribution is 0.284. The molecule has 3 heteroatoms. The normalized spacial score (nSPS) is 11.9. The second kappa shape index (κ2) is 10.1. The molecule has 0 unspecified atom stereocenters. The molecular formula is C11H21N3. The number of hydrogen-bond donors (Lipinski definition) is 0. The van der Waals surface area contributed by atoms with E-state index in [-0.39, 0.29) is 0 Å². The van der Waals surface area contributed by atoms with Crippen molar-refractivity contribution in [3.63, 3.8) is 0 Å². The van der Waals surface area contributed by atoms with E-state index < -0.39 is 0 Å². The Morgan fingerprint density at radius 1 is 1.21 bits per heavy atom. The van der Waals surface area contributed by atoms with E-state index in [1.165, 1.54) is 12.8 Å². The standard InChI is InChI=1S/C11H21N3/c1-4-9-14(10-5-2)11-13-8-6-7-12-3/h6-8H,3-5,9-11H2,1-2H3/b7-6-,13-8-. The summed E-state index contributed by atoms with van der Waals surface area (Å²) < 4.78 is 0. The zero-order valence-electron chi connectivity index (χ0n) is 9.32. The van der Waals surface area contributed by atoms with Gasteiger partial charge in [-0.3, -0.25) is 14.9 Å². The first-order valence-electron chi connectivity index (χ1n) is 5.18. The Balaban J connectivity index is 3.73. The monoisotopic (exact) mass is 195 g/mol. The van der Waals surface area contributed by atoms with Crippen LogP contribution in [0.1, 0.15) is 26.7 Å². The van der Waals surface area contributed by atoms with E-state index in [1.807, 2.05) is 0 Å². The van der Waals surface area contributed by atoms with Gasteiger partial charge in [-0.15, -0.1) is 0 Å². The highest BCUT2D eigenvalue weighted by atomic mass is 15.2. The molecule has 0 bridgehead atoms. The number of hydrogen-bond acceptors (Lipinski definition) is 3. The predicted octanol–water partition coefficient (Wildman–Crippen LogP) is 2.35. The van der Waals surface area contributed by atoms with Crippen LogP contribution >= 0.6 is 0 Å². The maximum absolute atomic E-state index is 4.27. The summed E-state index contributed by atoms with van der Waals surface area (Å²) in [4.78, 5) is 10.2. The molecule has 0 heterocycles. The fourth-order valence-electron chi connectivity index (χ4n) is 1.21. The van der Waals surface area contributed by atoms with Gasteiger partial charge >= 0.3 is 0 Å². The fourth-order valence-corrected chi connectivity index (χ4v) is 1.21. The van der Waals surface area contributed by atoms with Crippen LogP contribution in [-0.4, -0.2) is 37.6 Å². The maximum Gasteiger partial charge on any atom is 0.0909 e. The molecular weight excluding hydrogens is 174 g/mol. The minimum absolute atomic E-state index is 0.781. The summed E-state index contributed by atoms with van der Waals surface area (Å²) in [5.74, 6) is 0. The molecule has 0 radical (unpaired) electrons. The van der Waals surface area contributed by atoms with Gasteiger partial charge in [0.25, 0.3) is 0 Å². The summed E-state index contributed by atoms with van der Waals surface area (Å²) in [6.45, 7) is 10.7. The summed E-state index contributed by atoms with van der Waals surface area (Å²) in [5.41, 5.74) is 0. The largest absolute Gasteiger partial charge is 0.285 e. The van der Waals surface area contributed by atoms with Gasteiger partial charge in [-0.2, -0.15) is 0 Å². The van der Waals surface area contributed by atoms with Crippen molar-refractivity contribution in [2.24, 2.45) is 9.98 Å². The van der Waals surface area contributed by atoms with Gasteiger partial charge < -0.3 is 0 Å². The zero-order valence-corrected chi connectivity index (χ0v) is 9.32. The average Bonchev–Trinajstić information content (AvgIpc) is 2.18. The molecule has 0 N–H and O–H groups in total. The van der Waals surface area contributed by atoms with E-state index in [9.17, 15) is 0 Å². The van der Waals surface area contributed by atoms with Crippen molar-refractivity contribution in [1.82, 2.24) is 4.90 Å². The Morgan fingerprint density at radius 2 is 1.86 bits per heavy atom. The van der Waals surface area contributed by atoms with Crippen LogP contribution in [0.25, 0.3) is 0 Å². The molecule has 0 aromatic carbocycles. The van der Waals surface area contributed by atoms with Crippen LogP contribution in [0.5, 0.6) is 0 Å². The first-order valence-corrected chi connectivity index (χ1v) is 5.18. The lowest BCUT2D eigenvalue weighted by atomic mass is 10.4. The first kappa shape index (κ1) is 13.0. The van der Waals surface area contributed by atoms with E-state index in [0.29, 0.717) is 0 Å². The molecule has 0 spiro atoms. The van der Waals surface area contributed by atoms with E-state index in [0.717, 1.165) is 19.8 Å². The van der Waals surface area contributed by atoms with Crippen molar-refractivity contribution in [3.05, 3.63) is 12.3 Å². The van der Waals surface area contributed by atoms with Gasteiger partial charge in [0.15, 0.2) is 0 Å². The molecule has 80 valence electrons. The first-order chi connectivity index (χ1) is 6.85.